The molecule has 0 unspecified atom stereocenters. The first-order valence-corrected chi connectivity index (χ1v) is 4.23. The van der Waals surface area contributed by atoms with Gasteiger partial charge in [-0.15, -0.1) is 10.2 Å². The molecule has 1 heterocycles. The van der Waals surface area contributed by atoms with Gasteiger partial charge in [0.15, 0.2) is 5.01 Å². The van der Waals surface area contributed by atoms with Crippen LogP contribution in [0.2, 0.25) is 0 Å². The molecular formula is C6H9N3OS. The zero-order valence-corrected chi connectivity index (χ0v) is 7.02. The molecule has 5 heteroatoms. The summed E-state index contributed by atoms with van der Waals surface area (Å²) in [7, 11) is 1.70. The number of methoxy groups -OCH3 is 1. The Morgan fingerprint density at radius 2 is 2.27 bits per heavy atom. The minimum absolute atomic E-state index is 0.130. The van der Waals surface area contributed by atoms with Crippen LogP contribution in [0.5, 0.6) is 0 Å². The highest BCUT2D eigenvalue weighted by Crippen LogP contribution is 2.49. The van der Waals surface area contributed by atoms with Crippen molar-refractivity contribution >= 4 is 16.5 Å². The molecule has 1 aliphatic carbocycles. The van der Waals surface area contributed by atoms with Gasteiger partial charge in [-0.2, -0.15) is 0 Å². The van der Waals surface area contributed by atoms with E-state index in [0.29, 0.717) is 5.13 Å². The van der Waals surface area contributed by atoms with Crippen LogP contribution in [0.3, 0.4) is 0 Å². The van der Waals surface area contributed by atoms with E-state index in [2.05, 4.69) is 10.2 Å². The lowest BCUT2D eigenvalue weighted by molar-refractivity contribution is 0.0781. The zero-order chi connectivity index (χ0) is 7.90. The summed E-state index contributed by atoms with van der Waals surface area (Å²) in [5, 5.41) is 9.11. The van der Waals surface area contributed by atoms with Crippen LogP contribution in [-0.4, -0.2) is 17.3 Å². The maximum Gasteiger partial charge on any atom is 0.203 e. The number of ether oxygens (including phenoxy) is 1. The first-order chi connectivity index (χ1) is 5.27. The van der Waals surface area contributed by atoms with Crippen LogP contribution < -0.4 is 5.73 Å². The second kappa shape index (κ2) is 2.15. The number of nitrogens with zero attached hydrogens (tertiary/aromatic N) is 2. The molecule has 0 amide bonds. The highest BCUT2D eigenvalue weighted by Gasteiger charge is 2.48. The van der Waals surface area contributed by atoms with Crippen LogP contribution >= 0.6 is 11.3 Å². The lowest BCUT2D eigenvalue weighted by Crippen LogP contribution is -2.07. The fourth-order valence-corrected chi connectivity index (χ4v) is 1.87. The van der Waals surface area contributed by atoms with Gasteiger partial charge in [-0.1, -0.05) is 11.3 Å². The molecule has 0 spiro atoms. The van der Waals surface area contributed by atoms with Crippen LogP contribution in [0.1, 0.15) is 17.8 Å². The standard InChI is InChI=1S/C6H9N3OS/c1-10-6(2-3-6)4-8-9-5(7)11-4/h2-3H2,1H3,(H2,7,9). The number of hydrogen-bond donors (Lipinski definition) is 1. The first-order valence-electron chi connectivity index (χ1n) is 3.41. The third-order valence-corrected chi connectivity index (χ3v) is 2.86. The quantitative estimate of drug-likeness (QED) is 0.713. The fourth-order valence-electron chi connectivity index (χ4n) is 1.04. The number of aromatic nitrogens is 2. The van der Waals surface area contributed by atoms with Gasteiger partial charge in [-0.05, 0) is 12.8 Å². The van der Waals surface area contributed by atoms with Gasteiger partial charge in [0.1, 0.15) is 5.60 Å². The molecule has 1 fully saturated rings. The van der Waals surface area contributed by atoms with Crippen LogP contribution in [-0.2, 0) is 10.3 Å². The molecule has 1 aromatic rings. The Hall–Kier alpha value is -0.680. The molecule has 1 saturated carbocycles. The van der Waals surface area contributed by atoms with E-state index in [9.17, 15) is 0 Å². The Labute approximate surface area is 68.4 Å². The van der Waals surface area contributed by atoms with E-state index >= 15 is 0 Å². The molecule has 2 rings (SSSR count). The highest BCUT2D eigenvalue weighted by atomic mass is 32.1. The molecule has 0 bridgehead atoms. The van der Waals surface area contributed by atoms with Crippen molar-refractivity contribution in [2.75, 3.05) is 12.8 Å². The molecule has 0 aliphatic heterocycles. The van der Waals surface area contributed by atoms with Gasteiger partial charge >= 0.3 is 0 Å². The summed E-state index contributed by atoms with van der Waals surface area (Å²) < 4.78 is 5.30. The van der Waals surface area contributed by atoms with Gasteiger partial charge in [0, 0.05) is 7.11 Å². The number of hydrogen-bond acceptors (Lipinski definition) is 5. The first kappa shape index (κ1) is 7.00. The van der Waals surface area contributed by atoms with E-state index in [1.54, 1.807) is 7.11 Å². The SMILES string of the molecule is COC1(c2nnc(N)s2)CC1. The van der Waals surface area contributed by atoms with Crippen molar-refractivity contribution in [2.45, 2.75) is 18.4 Å². The average Bonchev–Trinajstić information content (AvgIpc) is 2.70. The predicted octanol–water partition coefficient (Wildman–Crippen LogP) is 0.756. The second-order valence-corrected chi connectivity index (χ2v) is 3.65. The minimum atomic E-state index is -0.130. The van der Waals surface area contributed by atoms with Gasteiger partial charge in [0.2, 0.25) is 5.13 Å². The Morgan fingerprint density at radius 3 is 2.64 bits per heavy atom. The smallest absolute Gasteiger partial charge is 0.203 e. The number of nitrogens with two attached hydrogens (primary N) is 1. The number of nitrogen functional groups attached to an aromatic ring is 1. The normalized spacial score (nSPS) is 20.1. The van der Waals surface area contributed by atoms with E-state index in [-0.39, 0.29) is 5.60 Å². The van der Waals surface area contributed by atoms with E-state index in [1.807, 2.05) is 0 Å². The van der Waals surface area contributed by atoms with E-state index in [4.69, 9.17) is 10.5 Å². The fraction of sp³-hybridized carbons (Fsp3) is 0.667. The van der Waals surface area contributed by atoms with E-state index in [1.165, 1.54) is 11.3 Å². The van der Waals surface area contributed by atoms with Crippen molar-refractivity contribution in [2.24, 2.45) is 0 Å². The molecule has 1 aliphatic rings. The molecule has 0 aromatic carbocycles. The van der Waals surface area contributed by atoms with E-state index in [0.717, 1.165) is 17.8 Å². The van der Waals surface area contributed by atoms with Crippen molar-refractivity contribution in [1.82, 2.24) is 10.2 Å². The Bertz CT molecular complexity index is 269. The van der Waals surface area contributed by atoms with Gasteiger partial charge < -0.3 is 10.5 Å². The van der Waals surface area contributed by atoms with Crippen LogP contribution in [0.25, 0.3) is 0 Å². The van der Waals surface area contributed by atoms with Crippen LogP contribution in [0.4, 0.5) is 5.13 Å². The molecule has 60 valence electrons. The minimum Gasteiger partial charge on any atom is -0.374 e. The third-order valence-electron chi connectivity index (χ3n) is 1.93. The maximum absolute atomic E-state index is 5.45. The molecule has 4 nitrogen and oxygen atoms in total. The maximum atomic E-state index is 5.45. The van der Waals surface area contributed by atoms with Crippen molar-refractivity contribution in [1.29, 1.82) is 0 Å². The molecule has 0 saturated heterocycles. The molecule has 2 N–H and O–H groups in total. The zero-order valence-electron chi connectivity index (χ0n) is 6.20. The molecule has 0 radical (unpaired) electrons. The summed E-state index contributed by atoms with van der Waals surface area (Å²) in [6.07, 6.45) is 2.08. The summed E-state index contributed by atoms with van der Waals surface area (Å²) in [5.74, 6) is 0. The Balaban J connectivity index is 2.29. The lowest BCUT2D eigenvalue weighted by atomic mass is 10.4. The largest absolute Gasteiger partial charge is 0.374 e. The van der Waals surface area contributed by atoms with Crippen molar-refractivity contribution < 1.29 is 4.74 Å². The van der Waals surface area contributed by atoms with Crippen LogP contribution in [0, 0.1) is 0 Å². The van der Waals surface area contributed by atoms with Gasteiger partial charge in [0.25, 0.3) is 0 Å². The van der Waals surface area contributed by atoms with E-state index < -0.39 is 0 Å². The predicted molar refractivity (Wildman–Crippen MR) is 42.2 cm³/mol. The Morgan fingerprint density at radius 1 is 1.55 bits per heavy atom. The average molecular weight is 171 g/mol. The molecule has 1 aromatic heterocycles. The molecule has 11 heavy (non-hydrogen) atoms. The summed E-state index contributed by atoms with van der Waals surface area (Å²) in [6.45, 7) is 0. The summed E-state index contributed by atoms with van der Waals surface area (Å²) in [5.41, 5.74) is 5.32. The summed E-state index contributed by atoms with van der Waals surface area (Å²) in [4.78, 5) is 0. The third kappa shape index (κ3) is 1.00. The number of rotatable bonds is 2. The lowest BCUT2D eigenvalue weighted by Gasteiger charge is -2.06. The van der Waals surface area contributed by atoms with Crippen molar-refractivity contribution in [3.63, 3.8) is 0 Å². The second-order valence-electron chi connectivity index (χ2n) is 2.64. The summed E-state index contributed by atoms with van der Waals surface area (Å²) >= 11 is 1.41. The van der Waals surface area contributed by atoms with Crippen molar-refractivity contribution in [3.8, 4) is 0 Å². The topological polar surface area (TPSA) is 61.0 Å². The van der Waals surface area contributed by atoms with Crippen LogP contribution in [0.15, 0.2) is 0 Å². The molecular weight excluding hydrogens is 162 g/mol. The van der Waals surface area contributed by atoms with Gasteiger partial charge in [-0.25, -0.2) is 0 Å². The Kier molecular flexibility index (Phi) is 1.37. The van der Waals surface area contributed by atoms with Gasteiger partial charge in [0.05, 0.1) is 0 Å². The highest BCUT2D eigenvalue weighted by molar-refractivity contribution is 7.15. The monoisotopic (exact) mass is 171 g/mol. The summed E-state index contributed by atoms with van der Waals surface area (Å²) in [6, 6.07) is 0. The van der Waals surface area contributed by atoms with Gasteiger partial charge in [-0.3, -0.25) is 0 Å². The van der Waals surface area contributed by atoms with Crippen molar-refractivity contribution in [3.05, 3.63) is 5.01 Å². The molecule has 0 atom stereocenters. The number of anilines is 1.